The summed E-state index contributed by atoms with van der Waals surface area (Å²) in [5, 5.41) is 0. The molecule has 2 rings (SSSR count). The molecular formula is C13H20N2O2. The maximum atomic E-state index is 12.1. The van der Waals surface area contributed by atoms with Gasteiger partial charge in [-0.3, -0.25) is 0 Å². The van der Waals surface area contributed by atoms with Crippen molar-refractivity contribution in [1.82, 2.24) is 9.80 Å². The van der Waals surface area contributed by atoms with Gasteiger partial charge in [0.2, 0.25) is 0 Å². The fourth-order valence-corrected chi connectivity index (χ4v) is 2.38. The van der Waals surface area contributed by atoms with Crippen LogP contribution in [0.3, 0.4) is 0 Å². The first-order valence-electron chi connectivity index (χ1n) is 6.33. The van der Waals surface area contributed by atoms with Crippen molar-refractivity contribution in [1.29, 1.82) is 0 Å². The molecule has 1 aliphatic heterocycles. The van der Waals surface area contributed by atoms with Gasteiger partial charge in [0.1, 0.15) is 5.76 Å². The molecule has 0 spiro atoms. The van der Waals surface area contributed by atoms with E-state index in [9.17, 15) is 4.79 Å². The number of hydrogen-bond acceptors (Lipinski definition) is 2. The summed E-state index contributed by atoms with van der Waals surface area (Å²) in [6.07, 6.45) is 2.70. The van der Waals surface area contributed by atoms with Gasteiger partial charge in [-0.2, -0.15) is 0 Å². The Morgan fingerprint density at radius 2 is 2.29 bits per heavy atom. The van der Waals surface area contributed by atoms with Gasteiger partial charge in [-0.1, -0.05) is 0 Å². The number of amides is 2. The first-order valence-corrected chi connectivity index (χ1v) is 6.33. The van der Waals surface area contributed by atoms with Crippen LogP contribution < -0.4 is 0 Å². The van der Waals surface area contributed by atoms with Gasteiger partial charge in [0.15, 0.2) is 0 Å². The molecule has 2 heterocycles. The van der Waals surface area contributed by atoms with Crippen LogP contribution in [0, 0.1) is 0 Å². The molecule has 4 heteroatoms. The smallest absolute Gasteiger partial charge is 0.320 e. The van der Waals surface area contributed by atoms with Crippen molar-refractivity contribution in [3.63, 3.8) is 0 Å². The standard InChI is InChI=1S/C13H20N2O2/c1-3-14(4-2)13(16)15-8-7-11(10-15)12-6-5-9-17-12/h5-6,9,11H,3-4,7-8,10H2,1-2H3. The summed E-state index contributed by atoms with van der Waals surface area (Å²) < 4.78 is 5.41. The second-order valence-corrected chi connectivity index (χ2v) is 4.40. The summed E-state index contributed by atoms with van der Waals surface area (Å²) >= 11 is 0. The Labute approximate surface area is 102 Å². The summed E-state index contributed by atoms with van der Waals surface area (Å²) in [4.78, 5) is 15.9. The molecule has 1 fully saturated rings. The van der Waals surface area contributed by atoms with Gasteiger partial charge >= 0.3 is 6.03 Å². The number of furan rings is 1. The molecule has 1 aliphatic rings. The van der Waals surface area contributed by atoms with Crippen LogP contribution in [0.25, 0.3) is 0 Å². The van der Waals surface area contributed by atoms with E-state index in [1.807, 2.05) is 35.8 Å². The van der Waals surface area contributed by atoms with Crippen LogP contribution in [0.5, 0.6) is 0 Å². The molecule has 0 bridgehead atoms. The predicted octanol–water partition coefficient (Wildman–Crippen LogP) is 2.53. The van der Waals surface area contributed by atoms with Gasteiger partial charge in [0.05, 0.1) is 6.26 Å². The summed E-state index contributed by atoms with van der Waals surface area (Å²) in [6, 6.07) is 4.06. The van der Waals surface area contributed by atoms with E-state index in [0.717, 1.165) is 38.4 Å². The Morgan fingerprint density at radius 1 is 1.53 bits per heavy atom. The molecule has 0 saturated carbocycles. The first-order chi connectivity index (χ1) is 8.26. The number of carbonyl (C=O) groups excluding carboxylic acids is 1. The normalized spacial score (nSPS) is 19.6. The molecule has 1 aromatic rings. The van der Waals surface area contributed by atoms with Crippen molar-refractivity contribution in [2.45, 2.75) is 26.2 Å². The Hall–Kier alpha value is -1.45. The van der Waals surface area contributed by atoms with Gasteiger partial charge in [-0.05, 0) is 32.4 Å². The molecule has 4 nitrogen and oxygen atoms in total. The van der Waals surface area contributed by atoms with E-state index >= 15 is 0 Å². The second kappa shape index (κ2) is 5.25. The lowest BCUT2D eigenvalue weighted by Gasteiger charge is -2.25. The van der Waals surface area contributed by atoms with Crippen molar-refractivity contribution in [3.05, 3.63) is 24.2 Å². The zero-order valence-corrected chi connectivity index (χ0v) is 10.6. The van der Waals surface area contributed by atoms with Crippen molar-refractivity contribution >= 4 is 6.03 Å². The molecule has 1 aromatic heterocycles. The summed E-state index contributed by atoms with van der Waals surface area (Å²) in [5.74, 6) is 1.37. The molecule has 0 aromatic carbocycles. The summed E-state index contributed by atoms with van der Waals surface area (Å²) in [7, 11) is 0. The third kappa shape index (κ3) is 2.46. The van der Waals surface area contributed by atoms with Gasteiger partial charge in [-0.15, -0.1) is 0 Å². The average molecular weight is 236 g/mol. The molecule has 1 saturated heterocycles. The van der Waals surface area contributed by atoms with Crippen LogP contribution in [0.1, 0.15) is 31.9 Å². The molecule has 0 N–H and O–H groups in total. The van der Waals surface area contributed by atoms with Crippen molar-refractivity contribution in [2.75, 3.05) is 26.2 Å². The highest BCUT2D eigenvalue weighted by Gasteiger charge is 2.30. The molecule has 1 unspecified atom stereocenters. The van der Waals surface area contributed by atoms with Crippen molar-refractivity contribution in [2.24, 2.45) is 0 Å². The molecular weight excluding hydrogens is 216 g/mol. The molecule has 1 atom stereocenters. The summed E-state index contributed by atoms with van der Waals surface area (Å²) in [6.45, 7) is 7.20. The minimum Gasteiger partial charge on any atom is -0.469 e. The topological polar surface area (TPSA) is 36.7 Å². The van der Waals surface area contributed by atoms with E-state index in [-0.39, 0.29) is 6.03 Å². The molecule has 94 valence electrons. The number of carbonyl (C=O) groups is 1. The fraction of sp³-hybridized carbons (Fsp3) is 0.615. The van der Waals surface area contributed by atoms with E-state index in [4.69, 9.17) is 4.42 Å². The number of urea groups is 1. The van der Waals surface area contributed by atoms with Crippen LogP contribution in [-0.2, 0) is 0 Å². The van der Waals surface area contributed by atoms with Crippen LogP contribution in [0.2, 0.25) is 0 Å². The highest BCUT2D eigenvalue weighted by Crippen LogP contribution is 2.27. The highest BCUT2D eigenvalue weighted by molar-refractivity contribution is 5.74. The zero-order valence-electron chi connectivity index (χ0n) is 10.6. The molecule has 2 amide bonds. The number of hydrogen-bond donors (Lipinski definition) is 0. The maximum Gasteiger partial charge on any atom is 0.320 e. The Bertz CT molecular complexity index is 358. The second-order valence-electron chi connectivity index (χ2n) is 4.40. The minimum atomic E-state index is 0.157. The number of likely N-dealkylation sites (tertiary alicyclic amines) is 1. The lowest BCUT2D eigenvalue weighted by atomic mass is 10.1. The van der Waals surface area contributed by atoms with Gasteiger partial charge in [-0.25, -0.2) is 4.79 Å². The summed E-state index contributed by atoms with van der Waals surface area (Å²) in [5.41, 5.74) is 0. The van der Waals surface area contributed by atoms with E-state index in [1.165, 1.54) is 0 Å². The lowest BCUT2D eigenvalue weighted by Crippen LogP contribution is -2.41. The predicted molar refractivity (Wildman–Crippen MR) is 66.0 cm³/mol. The van der Waals surface area contributed by atoms with Crippen LogP contribution in [0.4, 0.5) is 4.79 Å². The highest BCUT2D eigenvalue weighted by atomic mass is 16.3. The monoisotopic (exact) mass is 236 g/mol. The average Bonchev–Trinajstić information content (AvgIpc) is 3.01. The largest absolute Gasteiger partial charge is 0.469 e. The number of nitrogens with zero attached hydrogens (tertiary/aromatic N) is 2. The third-order valence-corrected chi connectivity index (χ3v) is 3.44. The van der Waals surface area contributed by atoms with Gasteiger partial charge in [0, 0.05) is 32.1 Å². The Balaban J connectivity index is 1.96. The van der Waals surface area contributed by atoms with E-state index in [0.29, 0.717) is 5.92 Å². The van der Waals surface area contributed by atoms with Crippen molar-refractivity contribution < 1.29 is 9.21 Å². The fourth-order valence-electron chi connectivity index (χ4n) is 2.38. The third-order valence-electron chi connectivity index (χ3n) is 3.44. The Kier molecular flexibility index (Phi) is 3.71. The number of rotatable bonds is 3. The van der Waals surface area contributed by atoms with Crippen LogP contribution >= 0.6 is 0 Å². The molecule has 0 radical (unpaired) electrons. The minimum absolute atomic E-state index is 0.157. The van der Waals surface area contributed by atoms with E-state index < -0.39 is 0 Å². The molecule has 0 aliphatic carbocycles. The van der Waals surface area contributed by atoms with E-state index in [2.05, 4.69) is 0 Å². The SMILES string of the molecule is CCN(CC)C(=O)N1CCC(c2ccco2)C1. The van der Waals surface area contributed by atoms with Gasteiger partial charge in [0.25, 0.3) is 0 Å². The molecule has 17 heavy (non-hydrogen) atoms. The van der Waals surface area contributed by atoms with Gasteiger partial charge < -0.3 is 14.2 Å². The lowest BCUT2D eigenvalue weighted by molar-refractivity contribution is 0.166. The quantitative estimate of drug-likeness (QED) is 0.808. The zero-order chi connectivity index (χ0) is 12.3. The maximum absolute atomic E-state index is 12.1. The van der Waals surface area contributed by atoms with Crippen LogP contribution in [0.15, 0.2) is 22.8 Å². The van der Waals surface area contributed by atoms with Crippen molar-refractivity contribution in [3.8, 4) is 0 Å². The van der Waals surface area contributed by atoms with Crippen LogP contribution in [-0.4, -0.2) is 42.0 Å². The Morgan fingerprint density at radius 3 is 2.88 bits per heavy atom. The van der Waals surface area contributed by atoms with E-state index in [1.54, 1.807) is 6.26 Å². The first kappa shape index (κ1) is 12.0.